The maximum Gasteiger partial charge on any atom is 0.269 e. The number of hydrogen-bond acceptors (Lipinski definition) is 7. The van der Waals surface area contributed by atoms with Crippen molar-refractivity contribution in [2.24, 2.45) is 0 Å². The van der Waals surface area contributed by atoms with Gasteiger partial charge in [0.05, 0.1) is 17.7 Å². The van der Waals surface area contributed by atoms with E-state index in [0.29, 0.717) is 35.3 Å². The van der Waals surface area contributed by atoms with E-state index in [4.69, 9.17) is 9.47 Å². The molecule has 10 heteroatoms. The van der Waals surface area contributed by atoms with Crippen LogP contribution < -0.4 is 20.1 Å². The molecule has 28 heavy (non-hydrogen) atoms. The van der Waals surface area contributed by atoms with Gasteiger partial charge in [0.15, 0.2) is 11.5 Å². The molecule has 0 aliphatic carbocycles. The first-order valence-corrected chi connectivity index (χ1v) is 10.1. The number of carbonyl (C=O) groups excluding carboxylic acids is 2. The van der Waals surface area contributed by atoms with E-state index in [-0.39, 0.29) is 17.8 Å². The number of rotatable bonds is 5. The number of hydrogen-bond donors (Lipinski definition) is 2. The van der Waals surface area contributed by atoms with Crippen LogP contribution in [0.2, 0.25) is 0 Å². The number of halogens is 1. The molecule has 3 aromatic rings. The van der Waals surface area contributed by atoms with Crippen molar-refractivity contribution in [3.8, 4) is 11.5 Å². The molecule has 4 rings (SSSR count). The number of nitrogens with zero attached hydrogens (tertiary/aromatic N) is 1. The third-order valence-corrected chi connectivity index (χ3v) is 5.41. The Bertz CT molecular complexity index is 1020. The number of carbonyl (C=O) groups is 2. The Morgan fingerprint density at radius 3 is 2.82 bits per heavy atom. The summed E-state index contributed by atoms with van der Waals surface area (Å²) in [6.45, 7) is 1.01. The van der Waals surface area contributed by atoms with Gasteiger partial charge in [0, 0.05) is 22.0 Å². The van der Waals surface area contributed by atoms with Crippen molar-refractivity contribution in [2.45, 2.75) is 6.54 Å². The smallest absolute Gasteiger partial charge is 0.269 e. The summed E-state index contributed by atoms with van der Waals surface area (Å²) in [5.41, 5.74) is 2.64. The van der Waals surface area contributed by atoms with Crippen molar-refractivity contribution in [2.75, 3.05) is 18.5 Å². The number of fused-ring (bicyclic) bond motifs is 1. The highest BCUT2D eigenvalue weighted by atomic mass is 32.1. The molecule has 0 atom stereocenters. The van der Waals surface area contributed by atoms with E-state index in [9.17, 15) is 14.0 Å². The lowest BCUT2D eigenvalue weighted by atomic mass is 10.1. The Balaban J connectivity index is 1.48. The monoisotopic (exact) mass is 419 g/mol. The minimum atomic E-state index is -0.635. The number of anilines is 1. The summed E-state index contributed by atoms with van der Waals surface area (Å²) in [5.74, 6) is -0.664. The molecule has 2 N–H and O–H groups in total. The van der Waals surface area contributed by atoms with E-state index in [2.05, 4.69) is 15.6 Å². The van der Waals surface area contributed by atoms with E-state index >= 15 is 0 Å². The van der Waals surface area contributed by atoms with Crippen molar-refractivity contribution >= 4 is 40.2 Å². The zero-order chi connectivity index (χ0) is 19.5. The Morgan fingerprint density at radius 1 is 1.14 bits per heavy atom. The first-order chi connectivity index (χ1) is 13.6. The molecule has 2 aromatic heterocycles. The lowest BCUT2D eigenvalue weighted by Gasteiger charge is -2.16. The van der Waals surface area contributed by atoms with Gasteiger partial charge in [-0.25, -0.2) is 9.37 Å². The number of amides is 2. The van der Waals surface area contributed by atoms with Gasteiger partial charge in [-0.1, -0.05) is 0 Å². The van der Waals surface area contributed by atoms with E-state index in [0.717, 1.165) is 12.1 Å². The largest absolute Gasteiger partial charge is 0.485 e. The molecule has 3 heterocycles. The number of aromatic nitrogens is 1. The highest BCUT2D eigenvalue weighted by molar-refractivity contribution is 7.13. The second kappa shape index (κ2) is 7.95. The Hall–Kier alpha value is -2.98. The lowest BCUT2D eigenvalue weighted by Crippen LogP contribution is -2.23. The van der Waals surface area contributed by atoms with E-state index in [1.165, 1.54) is 28.7 Å². The van der Waals surface area contributed by atoms with Crippen molar-refractivity contribution in [3.63, 3.8) is 0 Å². The summed E-state index contributed by atoms with van der Waals surface area (Å²) < 4.78 is 24.9. The zero-order valence-corrected chi connectivity index (χ0v) is 16.0. The molecule has 0 unspecified atom stereocenters. The summed E-state index contributed by atoms with van der Waals surface area (Å²) in [6, 6.07) is 3.66. The van der Waals surface area contributed by atoms with Gasteiger partial charge < -0.3 is 20.1 Å². The summed E-state index contributed by atoms with van der Waals surface area (Å²) >= 11 is 2.59. The fraction of sp³-hybridized carbons (Fsp3) is 0.167. The van der Waals surface area contributed by atoms with Gasteiger partial charge in [0.25, 0.3) is 11.8 Å². The number of ether oxygens (including phenoxy) is 2. The maximum atomic E-state index is 14.0. The fourth-order valence-corrected chi connectivity index (χ4v) is 3.98. The average Bonchev–Trinajstić information content (AvgIpc) is 3.35. The Labute approximate surface area is 167 Å². The Kier molecular flexibility index (Phi) is 5.22. The molecule has 1 aromatic carbocycles. The molecule has 0 fully saturated rings. The van der Waals surface area contributed by atoms with E-state index < -0.39 is 17.6 Å². The van der Waals surface area contributed by atoms with Crippen molar-refractivity contribution in [1.82, 2.24) is 10.3 Å². The van der Waals surface area contributed by atoms with Crippen molar-refractivity contribution in [3.05, 3.63) is 56.4 Å². The molecule has 7 nitrogen and oxygen atoms in total. The average molecular weight is 419 g/mol. The molecule has 0 saturated carbocycles. The number of benzene rings is 1. The van der Waals surface area contributed by atoms with Crippen molar-refractivity contribution in [1.29, 1.82) is 0 Å². The third kappa shape index (κ3) is 3.97. The predicted octanol–water partition coefficient (Wildman–Crippen LogP) is 3.30. The van der Waals surface area contributed by atoms with Crippen molar-refractivity contribution < 1.29 is 23.5 Å². The minimum Gasteiger partial charge on any atom is -0.485 e. The SMILES string of the molecule is O=C(NCc1cscn1)c1cc(F)cc(NC(=O)c2scc3c2OCCO3)c1. The fourth-order valence-electron chi connectivity index (χ4n) is 2.60. The van der Waals surface area contributed by atoms with Crippen LogP contribution in [0.5, 0.6) is 11.5 Å². The van der Waals surface area contributed by atoms with Gasteiger partial charge in [-0.05, 0) is 18.2 Å². The van der Waals surface area contributed by atoms with Crippen LogP contribution in [-0.2, 0) is 6.54 Å². The summed E-state index contributed by atoms with van der Waals surface area (Å²) in [7, 11) is 0. The third-order valence-electron chi connectivity index (χ3n) is 3.84. The molecule has 0 spiro atoms. The van der Waals surface area contributed by atoms with Gasteiger partial charge in [-0.2, -0.15) is 0 Å². The predicted molar refractivity (Wildman–Crippen MR) is 103 cm³/mol. The summed E-state index contributed by atoms with van der Waals surface area (Å²) in [4.78, 5) is 29.3. The van der Waals surface area contributed by atoms with Gasteiger partial charge in [-0.15, -0.1) is 22.7 Å². The molecule has 1 aliphatic heterocycles. The Morgan fingerprint density at radius 2 is 2.00 bits per heavy atom. The molecule has 0 saturated heterocycles. The second-order valence-corrected chi connectivity index (χ2v) is 7.40. The molecular weight excluding hydrogens is 405 g/mol. The number of thiazole rings is 1. The van der Waals surface area contributed by atoms with Crippen LogP contribution in [0.3, 0.4) is 0 Å². The normalized spacial score (nSPS) is 12.5. The quantitative estimate of drug-likeness (QED) is 0.662. The lowest BCUT2D eigenvalue weighted by molar-refractivity contribution is 0.0948. The molecule has 1 aliphatic rings. The summed E-state index contributed by atoms with van der Waals surface area (Å²) in [6.07, 6.45) is 0. The zero-order valence-electron chi connectivity index (χ0n) is 14.4. The molecule has 144 valence electrons. The minimum absolute atomic E-state index is 0.0957. The van der Waals surface area contributed by atoms with E-state index in [1.54, 1.807) is 10.9 Å². The van der Waals surface area contributed by atoms with Gasteiger partial charge in [0.1, 0.15) is 23.9 Å². The maximum absolute atomic E-state index is 14.0. The molecular formula is C18H14FN3O4S2. The first kappa shape index (κ1) is 18.4. The van der Waals surface area contributed by atoms with Crippen LogP contribution in [-0.4, -0.2) is 30.0 Å². The topological polar surface area (TPSA) is 89.6 Å². The van der Waals surface area contributed by atoms with Gasteiger partial charge in [-0.3, -0.25) is 9.59 Å². The number of thiophene rings is 1. The van der Waals surface area contributed by atoms with Gasteiger partial charge >= 0.3 is 0 Å². The standard InChI is InChI=1S/C18H14FN3O4S2/c19-11-3-10(17(23)20-6-13-7-27-9-21-13)4-12(5-11)22-18(24)16-15-14(8-28-16)25-1-2-26-15/h3-5,7-9H,1-2,6H2,(H,20,23)(H,22,24). The van der Waals surface area contributed by atoms with Crippen LogP contribution in [0.15, 0.2) is 34.5 Å². The molecule has 0 radical (unpaired) electrons. The van der Waals surface area contributed by atoms with Crippen LogP contribution in [0, 0.1) is 5.82 Å². The summed E-state index contributed by atoms with van der Waals surface area (Å²) in [5, 5.41) is 8.77. The number of nitrogens with one attached hydrogen (secondary N) is 2. The highest BCUT2D eigenvalue weighted by Crippen LogP contribution is 2.39. The van der Waals surface area contributed by atoms with E-state index in [1.807, 2.05) is 5.38 Å². The van der Waals surface area contributed by atoms with Crippen LogP contribution >= 0.6 is 22.7 Å². The van der Waals surface area contributed by atoms with Gasteiger partial charge in [0.2, 0.25) is 0 Å². The second-order valence-electron chi connectivity index (χ2n) is 5.80. The van der Waals surface area contributed by atoms with Crippen LogP contribution in [0.4, 0.5) is 10.1 Å². The van der Waals surface area contributed by atoms with Crippen LogP contribution in [0.1, 0.15) is 25.7 Å². The van der Waals surface area contributed by atoms with Crippen LogP contribution in [0.25, 0.3) is 0 Å². The molecule has 2 amide bonds. The molecule has 0 bridgehead atoms. The first-order valence-electron chi connectivity index (χ1n) is 8.24. The highest BCUT2D eigenvalue weighted by Gasteiger charge is 2.24.